The Morgan fingerprint density at radius 1 is 1.39 bits per heavy atom. The SMILES string of the molecule is [N-]=[N+]=NCC(CN=O)NC(=O)c1cnc2c(OCC3CCCCC3)cccn12. The molecule has 0 saturated heterocycles. The second-order valence-corrected chi connectivity index (χ2v) is 6.92. The molecular weight excluding hydrogens is 362 g/mol. The second-order valence-electron chi connectivity index (χ2n) is 6.92. The molecule has 10 heteroatoms. The van der Waals surface area contributed by atoms with Gasteiger partial charge in [-0.25, -0.2) is 4.98 Å². The minimum absolute atomic E-state index is 0.0551. The van der Waals surface area contributed by atoms with Gasteiger partial charge in [0.05, 0.1) is 18.8 Å². The van der Waals surface area contributed by atoms with E-state index in [1.807, 2.05) is 6.07 Å². The Bertz CT molecular complexity index is 869. The predicted octanol–water partition coefficient (Wildman–Crippen LogP) is 3.47. The zero-order valence-electron chi connectivity index (χ0n) is 15.5. The molecule has 28 heavy (non-hydrogen) atoms. The third-order valence-electron chi connectivity index (χ3n) is 4.93. The Morgan fingerprint density at radius 2 is 2.21 bits per heavy atom. The highest BCUT2D eigenvalue weighted by Crippen LogP contribution is 2.26. The Kier molecular flexibility index (Phi) is 6.80. The molecule has 1 aliphatic rings. The van der Waals surface area contributed by atoms with Crippen LogP contribution in [0, 0.1) is 10.8 Å². The average molecular weight is 385 g/mol. The van der Waals surface area contributed by atoms with Crippen molar-refractivity contribution >= 4 is 11.6 Å². The Labute approximate surface area is 161 Å². The molecule has 148 valence electrons. The number of hydrogen-bond acceptors (Lipinski definition) is 6. The number of azide groups is 1. The number of aromatic nitrogens is 2. The first-order valence-corrected chi connectivity index (χ1v) is 9.42. The van der Waals surface area contributed by atoms with Gasteiger partial charge in [0.1, 0.15) is 12.2 Å². The topological polar surface area (TPSA) is 134 Å². The van der Waals surface area contributed by atoms with Crippen LogP contribution in [0.5, 0.6) is 5.75 Å². The number of nitrogens with zero attached hydrogens (tertiary/aromatic N) is 6. The summed E-state index contributed by atoms with van der Waals surface area (Å²) in [7, 11) is 0. The number of imidazole rings is 1. The van der Waals surface area contributed by atoms with Crippen LogP contribution >= 0.6 is 0 Å². The fourth-order valence-corrected chi connectivity index (χ4v) is 3.46. The number of carbonyl (C=O) groups excluding carboxylic acids is 1. The summed E-state index contributed by atoms with van der Waals surface area (Å²) in [6.07, 6.45) is 9.34. The molecule has 0 spiro atoms. The van der Waals surface area contributed by atoms with E-state index in [0.29, 0.717) is 29.6 Å². The van der Waals surface area contributed by atoms with Gasteiger partial charge in [0, 0.05) is 17.7 Å². The van der Waals surface area contributed by atoms with Gasteiger partial charge in [0.25, 0.3) is 5.91 Å². The summed E-state index contributed by atoms with van der Waals surface area (Å²) in [5.74, 6) is 0.759. The van der Waals surface area contributed by atoms with Crippen LogP contribution in [0.1, 0.15) is 42.6 Å². The number of nitrogens with one attached hydrogen (secondary N) is 1. The molecule has 2 heterocycles. The molecule has 10 nitrogen and oxygen atoms in total. The largest absolute Gasteiger partial charge is 0.489 e. The van der Waals surface area contributed by atoms with Gasteiger partial charge in [-0.15, -0.1) is 0 Å². The van der Waals surface area contributed by atoms with E-state index in [2.05, 4.69) is 25.5 Å². The quantitative estimate of drug-likeness (QED) is 0.306. The molecule has 1 atom stereocenters. The van der Waals surface area contributed by atoms with Crippen LogP contribution in [0.15, 0.2) is 34.8 Å². The molecule has 0 radical (unpaired) electrons. The smallest absolute Gasteiger partial charge is 0.270 e. The van der Waals surface area contributed by atoms with Gasteiger partial charge in [0.2, 0.25) is 0 Å². The van der Waals surface area contributed by atoms with Gasteiger partial charge in [-0.1, -0.05) is 29.6 Å². The van der Waals surface area contributed by atoms with E-state index in [-0.39, 0.29) is 13.1 Å². The summed E-state index contributed by atoms with van der Waals surface area (Å²) < 4.78 is 7.64. The Hall–Kier alpha value is -3.13. The predicted molar refractivity (Wildman–Crippen MR) is 103 cm³/mol. The monoisotopic (exact) mass is 385 g/mol. The lowest BCUT2D eigenvalue weighted by atomic mass is 9.90. The maximum absolute atomic E-state index is 12.6. The number of carbonyl (C=O) groups is 1. The van der Waals surface area contributed by atoms with E-state index in [4.69, 9.17) is 10.3 Å². The summed E-state index contributed by atoms with van der Waals surface area (Å²) in [5.41, 5.74) is 9.29. The number of ether oxygens (including phenoxy) is 1. The van der Waals surface area contributed by atoms with E-state index < -0.39 is 11.9 Å². The summed E-state index contributed by atoms with van der Waals surface area (Å²) in [6, 6.07) is 2.97. The second kappa shape index (κ2) is 9.70. The minimum Gasteiger partial charge on any atom is -0.489 e. The first-order valence-electron chi connectivity index (χ1n) is 9.42. The molecule has 3 rings (SSSR count). The third-order valence-corrected chi connectivity index (χ3v) is 4.93. The normalized spacial score (nSPS) is 15.6. The number of pyridine rings is 1. The zero-order chi connectivity index (χ0) is 19.8. The molecule has 1 unspecified atom stereocenters. The van der Waals surface area contributed by atoms with Crippen molar-refractivity contribution in [3.05, 3.63) is 45.6 Å². The van der Waals surface area contributed by atoms with E-state index in [0.717, 1.165) is 0 Å². The van der Waals surface area contributed by atoms with E-state index >= 15 is 0 Å². The van der Waals surface area contributed by atoms with Crippen molar-refractivity contribution in [2.24, 2.45) is 16.2 Å². The fraction of sp³-hybridized carbons (Fsp3) is 0.556. The highest BCUT2D eigenvalue weighted by Gasteiger charge is 2.19. The lowest BCUT2D eigenvalue weighted by Crippen LogP contribution is -2.39. The molecule has 2 aromatic rings. The molecular formula is C18H23N7O3. The number of rotatable bonds is 9. The van der Waals surface area contributed by atoms with Crippen molar-refractivity contribution in [1.82, 2.24) is 14.7 Å². The van der Waals surface area contributed by atoms with Crippen LogP contribution in [-0.2, 0) is 0 Å². The highest BCUT2D eigenvalue weighted by atomic mass is 16.5. The molecule has 0 aromatic carbocycles. The van der Waals surface area contributed by atoms with Gasteiger partial charge < -0.3 is 10.1 Å². The van der Waals surface area contributed by atoms with Gasteiger partial charge in [-0.3, -0.25) is 9.20 Å². The fourth-order valence-electron chi connectivity index (χ4n) is 3.46. The molecule has 1 aliphatic carbocycles. The Morgan fingerprint density at radius 3 is 2.96 bits per heavy atom. The van der Waals surface area contributed by atoms with Crippen molar-refractivity contribution < 1.29 is 9.53 Å². The van der Waals surface area contributed by atoms with Gasteiger partial charge in [-0.2, -0.15) is 4.91 Å². The van der Waals surface area contributed by atoms with Crippen molar-refractivity contribution in [3.8, 4) is 5.75 Å². The van der Waals surface area contributed by atoms with Crippen LogP contribution < -0.4 is 10.1 Å². The number of hydrogen-bond donors (Lipinski definition) is 1. The minimum atomic E-state index is -0.669. The molecule has 1 N–H and O–H groups in total. The van der Waals surface area contributed by atoms with Crippen molar-refractivity contribution in [1.29, 1.82) is 0 Å². The highest BCUT2D eigenvalue weighted by molar-refractivity contribution is 5.93. The summed E-state index contributed by atoms with van der Waals surface area (Å²) in [5, 5.41) is 8.82. The standard InChI is InChI=1S/C18H23N7O3/c19-24-21-9-14(10-22-27)23-18(26)15-11-20-17-16(7-4-8-25(15)17)28-12-13-5-2-1-3-6-13/h4,7-8,11,13-14H,1-3,5-6,9-10,12H2,(H,23,26). The van der Waals surface area contributed by atoms with Crippen LogP contribution in [0.2, 0.25) is 0 Å². The molecule has 1 fully saturated rings. The third kappa shape index (κ3) is 4.77. The van der Waals surface area contributed by atoms with Crippen molar-refractivity contribution in [3.63, 3.8) is 0 Å². The van der Waals surface area contributed by atoms with Crippen LogP contribution in [-0.4, -0.2) is 41.0 Å². The van der Waals surface area contributed by atoms with Gasteiger partial charge in [0.15, 0.2) is 11.4 Å². The number of fused-ring (bicyclic) bond motifs is 1. The lowest BCUT2D eigenvalue weighted by molar-refractivity contribution is 0.0933. The Balaban J connectivity index is 1.72. The maximum atomic E-state index is 12.6. The van der Waals surface area contributed by atoms with Crippen molar-refractivity contribution in [2.45, 2.75) is 38.1 Å². The zero-order valence-corrected chi connectivity index (χ0v) is 15.5. The number of nitroso groups, excluding NO2 is 1. The van der Waals surface area contributed by atoms with E-state index in [1.165, 1.54) is 38.3 Å². The van der Waals surface area contributed by atoms with Crippen LogP contribution in [0.4, 0.5) is 0 Å². The first-order chi connectivity index (χ1) is 13.7. The first kappa shape index (κ1) is 19.6. The van der Waals surface area contributed by atoms with Gasteiger partial charge >= 0.3 is 0 Å². The maximum Gasteiger partial charge on any atom is 0.270 e. The molecule has 2 aromatic heterocycles. The van der Waals surface area contributed by atoms with Crippen LogP contribution in [0.3, 0.4) is 0 Å². The van der Waals surface area contributed by atoms with Gasteiger partial charge in [-0.05, 0) is 36.4 Å². The molecule has 1 amide bonds. The summed E-state index contributed by atoms with van der Waals surface area (Å²) >= 11 is 0. The summed E-state index contributed by atoms with van der Waals surface area (Å²) in [6.45, 7) is 0.408. The average Bonchev–Trinajstić information content (AvgIpc) is 3.16. The number of amides is 1. The van der Waals surface area contributed by atoms with Crippen molar-refractivity contribution in [2.75, 3.05) is 19.7 Å². The van der Waals surface area contributed by atoms with Crippen LogP contribution in [0.25, 0.3) is 16.1 Å². The molecule has 0 bridgehead atoms. The molecule has 1 saturated carbocycles. The van der Waals surface area contributed by atoms with E-state index in [9.17, 15) is 9.70 Å². The summed E-state index contributed by atoms with van der Waals surface area (Å²) in [4.78, 5) is 30.1. The lowest BCUT2D eigenvalue weighted by Gasteiger charge is -2.21. The van der Waals surface area contributed by atoms with E-state index in [1.54, 1.807) is 16.7 Å². The molecule has 0 aliphatic heterocycles.